The maximum atomic E-state index is 12.9. The SMILES string of the molecule is CCS(=O)(=O)N1[C@@H]2CCC[C@H]1C[C@H](N(C)c1nc(Nc3cc(C)n(C(=O)OC(C)(C)C)n3)cc(O[C@H]3CCOC3)n1)C2. The van der Waals surface area contributed by atoms with Gasteiger partial charge in [0.2, 0.25) is 21.9 Å². The van der Waals surface area contributed by atoms with E-state index in [1.165, 1.54) is 4.68 Å². The molecular weight excluding hydrogens is 562 g/mol. The molecule has 1 N–H and O–H groups in total. The summed E-state index contributed by atoms with van der Waals surface area (Å²) in [4.78, 5) is 24.2. The van der Waals surface area contributed by atoms with Crippen molar-refractivity contribution in [3.63, 3.8) is 0 Å². The van der Waals surface area contributed by atoms with Gasteiger partial charge in [-0.25, -0.2) is 13.2 Å². The molecule has 0 spiro atoms. The highest BCUT2D eigenvalue weighted by Crippen LogP contribution is 2.39. The Hall–Kier alpha value is -2.97. The number of ether oxygens (including phenoxy) is 3. The zero-order valence-corrected chi connectivity index (χ0v) is 26.2. The summed E-state index contributed by atoms with van der Waals surface area (Å²) in [6.45, 7) is 10.0. The van der Waals surface area contributed by atoms with Gasteiger partial charge in [-0.1, -0.05) is 6.42 Å². The molecule has 0 radical (unpaired) electrons. The van der Waals surface area contributed by atoms with Crippen molar-refractivity contribution in [3.8, 4) is 5.88 Å². The Kier molecular flexibility index (Phi) is 8.68. The quantitative estimate of drug-likeness (QED) is 0.469. The van der Waals surface area contributed by atoms with Crippen LogP contribution >= 0.6 is 0 Å². The van der Waals surface area contributed by atoms with Crippen LogP contribution in [0.5, 0.6) is 5.88 Å². The van der Waals surface area contributed by atoms with Crippen LogP contribution in [0.2, 0.25) is 0 Å². The normalized spacial score (nSPS) is 24.8. The molecule has 2 aromatic heterocycles. The van der Waals surface area contributed by atoms with Crippen molar-refractivity contribution in [1.29, 1.82) is 0 Å². The van der Waals surface area contributed by atoms with Gasteiger partial charge in [-0.05, 0) is 60.3 Å². The second-order valence-electron chi connectivity index (χ2n) is 12.4. The molecule has 3 aliphatic heterocycles. The van der Waals surface area contributed by atoms with Gasteiger partial charge in [0.1, 0.15) is 17.5 Å². The van der Waals surface area contributed by atoms with Crippen LogP contribution in [-0.2, 0) is 19.5 Å². The van der Waals surface area contributed by atoms with E-state index in [2.05, 4.69) is 10.4 Å². The zero-order valence-electron chi connectivity index (χ0n) is 25.4. The molecule has 0 saturated carbocycles. The van der Waals surface area contributed by atoms with Crippen molar-refractivity contribution in [2.24, 2.45) is 0 Å². The van der Waals surface area contributed by atoms with Crippen LogP contribution < -0.4 is 15.0 Å². The van der Waals surface area contributed by atoms with E-state index in [4.69, 9.17) is 24.2 Å². The summed E-state index contributed by atoms with van der Waals surface area (Å²) < 4.78 is 45.9. The second kappa shape index (κ2) is 12.0. The molecule has 4 atom stereocenters. The van der Waals surface area contributed by atoms with Gasteiger partial charge in [-0.15, -0.1) is 5.10 Å². The Bertz CT molecular complexity index is 1370. The number of sulfonamides is 1. The summed E-state index contributed by atoms with van der Waals surface area (Å²) in [6, 6.07) is 3.47. The van der Waals surface area contributed by atoms with Crippen molar-refractivity contribution in [3.05, 3.63) is 17.8 Å². The summed E-state index contributed by atoms with van der Waals surface area (Å²) in [6.07, 6.45) is 4.26. The number of anilines is 3. The van der Waals surface area contributed by atoms with E-state index in [9.17, 15) is 13.2 Å². The summed E-state index contributed by atoms with van der Waals surface area (Å²) in [5, 5.41) is 7.60. The molecule has 2 bridgehead atoms. The van der Waals surface area contributed by atoms with Gasteiger partial charge in [0.25, 0.3) is 0 Å². The van der Waals surface area contributed by atoms with Crippen molar-refractivity contribution >= 4 is 33.7 Å². The first-order valence-corrected chi connectivity index (χ1v) is 16.4. The number of carbonyl (C=O) groups is 1. The minimum Gasteiger partial charge on any atom is -0.472 e. The lowest BCUT2D eigenvalue weighted by atomic mass is 9.83. The maximum absolute atomic E-state index is 12.9. The van der Waals surface area contributed by atoms with Crippen LogP contribution in [0.3, 0.4) is 0 Å². The molecule has 232 valence electrons. The average molecular weight is 606 g/mol. The number of aryl methyl sites for hydroxylation is 1. The minimum absolute atomic E-state index is 0.0256. The van der Waals surface area contributed by atoms with Crippen molar-refractivity contribution < 1.29 is 27.4 Å². The summed E-state index contributed by atoms with van der Waals surface area (Å²) in [5.74, 6) is 1.87. The van der Waals surface area contributed by atoms with Gasteiger partial charge in [0.05, 0.1) is 19.0 Å². The summed E-state index contributed by atoms with van der Waals surface area (Å²) in [7, 11) is -1.32. The van der Waals surface area contributed by atoms with Gasteiger partial charge in [-0.2, -0.15) is 19.0 Å². The van der Waals surface area contributed by atoms with Gasteiger partial charge in [0, 0.05) is 49.4 Å². The molecule has 42 heavy (non-hydrogen) atoms. The minimum atomic E-state index is -3.27. The Labute approximate surface area is 248 Å². The molecular formula is C28H43N7O6S. The van der Waals surface area contributed by atoms with E-state index < -0.39 is 21.7 Å². The van der Waals surface area contributed by atoms with Crippen LogP contribution in [0, 0.1) is 6.92 Å². The highest BCUT2D eigenvalue weighted by Gasteiger charge is 2.45. The van der Waals surface area contributed by atoms with Gasteiger partial charge < -0.3 is 24.4 Å². The molecule has 2 aromatic rings. The maximum Gasteiger partial charge on any atom is 0.435 e. The Balaban J connectivity index is 1.40. The number of nitrogens with one attached hydrogen (secondary N) is 1. The zero-order chi connectivity index (χ0) is 30.2. The highest BCUT2D eigenvalue weighted by molar-refractivity contribution is 7.89. The van der Waals surface area contributed by atoms with Crippen molar-refractivity contribution in [2.75, 3.05) is 36.2 Å². The fourth-order valence-electron chi connectivity index (χ4n) is 6.02. The lowest BCUT2D eigenvalue weighted by Gasteiger charge is -2.49. The van der Waals surface area contributed by atoms with E-state index >= 15 is 0 Å². The first-order valence-electron chi connectivity index (χ1n) is 14.8. The van der Waals surface area contributed by atoms with Gasteiger partial charge in [0.15, 0.2) is 5.82 Å². The molecule has 14 heteroatoms. The largest absolute Gasteiger partial charge is 0.472 e. The smallest absolute Gasteiger partial charge is 0.435 e. The Morgan fingerprint density at radius 1 is 1.14 bits per heavy atom. The van der Waals surface area contributed by atoms with Crippen LogP contribution in [0.15, 0.2) is 12.1 Å². The Morgan fingerprint density at radius 2 is 1.86 bits per heavy atom. The standard InChI is InChI=1S/C28H43N7O6S/c1-7-42(37,38)35-19-9-8-10-20(35)15-21(14-19)33(6)26-30-23(16-25(31-26)40-22-11-12-39-17-22)29-24-13-18(2)34(32-24)27(36)41-28(3,4)5/h13,16,19-22H,7-12,14-15,17H2,1-6H3,(H,29,30,31,32)/t19-,20+,21-,22-/m0/s1. The lowest BCUT2D eigenvalue weighted by molar-refractivity contribution is 0.0511. The predicted octanol–water partition coefficient (Wildman–Crippen LogP) is 3.85. The van der Waals surface area contributed by atoms with Crippen LogP contribution in [0.4, 0.5) is 22.4 Å². The fourth-order valence-corrected chi connectivity index (χ4v) is 7.61. The molecule has 13 nitrogen and oxygen atoms in total. The number of rotatable bonds is 8. The van der Waals surface area contributed by atoms with E-state index in [0.717, 1.165) is 25.7 Å². The first kappa shape index (κ1) is 30.5. The molecule has 3 fully saturated rings. The molecule has 0 unspecified atom stereocenters. The number of nitrogens with zero attached hydrogens (tertiary/aromatic N) is 6. The average Bonchev–Trinajstić information content (AvgIpc) is 3.55. The fraction of sp³-hybridized carbons (Fsp3) is 0.714. The number of hydrogen-bond donors (Lipinski definition) is 1. The first-order chi connectivity index (χ1) is 19.8. The molecule has 0 aromatic carbocycles. The third-order valence-corrected chi connectivity index (χ3v) is 9.98. The van der Waals surface area contributed by atoms with Crippen molar-refractivity contribution in [1.82, 2.24) is 24.1 Å². The number of hydrogen-bond acceptors (Lipinski definition) is 11. The van der Waals surface area contributed by atoms with E-state index in [0.29, 0.717) is 55.2 Å². The summed E-state index contributed by atoms with van der Waals surface area (Å²) >= 11 is 0. The number of aromatic nitrogens is 4. The monoisotopic (exact) mass is 605 g/mol. The third-order valence-electron chi connectivity index (χ3n) is 8.01. The number of fused-ring (bicyclic) bond motifs is 2. The van der Waals surface area contributed by atoms with Crippen molar-refractivity contribution in [2.45, 2.75) is 103 Å². The van der Waals surface area contributed by atoms with Crippen LogP contribution in [-0.4, -0.2) is 94.4 Å². The molecule has 0 aliphatic carbocycles. The molecule has 3 aliphatic rings. The lowest BCUT2D eigenvalue weighted by Crippen LogP contribution is -2.58. The van der Waals surface area contributed by atoms with Crippen LogP contribution in [0.1, 0.15) is 71.9 Å². The van der Waals surface area contributed by atoms with E-state index in [1.807, 2.05) is 11.9 Å². The molecule has 0 amide bonds. The molecule has 5 rings (SSSR count). The number of carbonyl (C=O) groups excluding carboxylic acids is 1. The Morgan fingerprint density at radius 3 is 2.48 bits per heavy atom. The highest BCUT2D eigenvalue weighted by atomic mass is 32.2. The second-order valence-corrected chi connectivity index (χ2v) is 14.6. The summed E-state index contributed by atoms with van der Waals surface area (Å²) in [5.41, 5.74) is -0.0427. The van der Waals surface area contributed by atoms with Gasteiger partial charge >= 0.3 is 6.09 Å². The third kappa shape index (κ3) is 6.81. The number of piperidine rings is 2. The van der Waals surface area contributed by atoms with E-state index in [1.54, 1.807) is 51.1 Å². The topological polar surface area (TPSA) is 141 Å². The van der Waals surface area contributed by atoms with Gasteiger partial charge in [-0.3, -0.25) is 0 Å². The van der Waals surface area contributed by atoms with E-state index in [-0.39, 0.29) is 30.0 Å². The van der Waals surface area contributed by atoms with Crippen LogP contribution in [0.25, 0.3) is 0 Å². The molecule has 3 saturated heterocycles. The predicted molar refractivity (Wildman–Crippen MR) is 158 cm³/mol. The molecule has 5 heterocycles.